The van der Waals surface area contributed by atoms with Crippen molar-refractivity contribution >= 4 is 27.7 Å². The number of hydrogen-bond donors (Lipinski definition) is 1. The molecule has 0 radical (unpaired) electrons. The zero-order valence-electron chi connectivity index (χ0n) is 2.67. The number of nitrogens with two attached hydrogens (primary N) is 1. The van der Waals surface area contributed by atoms with Crippen LogP contribution in [0.2, 0.25) is 0 Å². The van der Waals surface area contributed by atoms with E-state index in [4.69, 9.17) is 9.13 Å². The Labute approximate surface area is 43.1 Å². The third kappa shape index (κ3) is 262. The van der Waals surface area contributed by atoms with Gasteiger partial charge in [0.05, 0.1) is 0 Å². The Kier molecular flexibility index (Phi) is 29.0. The van der Waals surface area contributed by atoms with Gasteiger partial charge in [-0.05, 0) is 11.2 Å². The van der Waals surface area contributed by atoms with Crippen LogP contribution in [0.25, 0.3) is 0 Å². The van der Waals surface area contributed by atoms with Gasteiger partial charge >= 0.3 is 0 Å². The van der Waals surface area contributed by atoms with Crippen molar-refractivity contribution in [2.45, 2.75) is 0 Å². The molecule has 0 aromatic rings. The Hall–Kier alpha value is 0.450. The summed E-state index contributed by atoms with van der Waals surface area (Å²) in [5.41, 5.74) is 4.26. The molecule has 0 aliphatic carbocycles. The van der Waals surface area contributed by atoms with E-state index in [0.717, 1.165) is 0 Å². The highest BCUT2D eigenvalue weighted by Gasteiger charge is 1.33. The predicted octanol–water partition coefficient (Wildman–Crippen LogP) is 1.58. The van der Waals surface area contributed by atoms with Crippen LogP contribution in [0.5, 0.6) is 0 Å². The number of hydrogen-bond acceptors (Lipinski definition) is 2. The summed E-state index contributed by atoms with van der Waals surface area (Å²) in [5.74, 6) is 0. The van der Waals surface area contributed by atoms with Gasteiger partial charge in [0.25, 0.3) is 7.81 Å². The molecule has 6 heavy (non-hydrogen) atoms. The lowest BCUT2D eigenvalue weighted by Crippen LogP contribution is -1.51. The van der Waals surface area contributed by atoms with Crippen LogP contribution in [-0.4, -0.2) is 0 Å². The van der Waals surface area contributed by atoms with Crippen molar-refractivity contribution in [3.63, 3.8) is 0 Å². The minimum atomic E-state index is -0.361. The molecule has 0 saturated heterocycles. The van der Waals surface area contributed by atoms with E-state index in [1.54, 1.807) is 0 Å². The molecule has 0 rings (SSSR count). The fourth-order valence-corrected chi connectivity index (χ4v) is 0. The second-order valence-corrected chi connectivity index (χ2v) is 0.937. The molecule has 0 fully saturated rings. The summed E-state index contributed by atoms with van der Waals surface area (Å²) < 4.78 is 17.3. The van der Waals surface area contributed by atoms with Crippen LogP contribution in [0.3, 0.4) is 0 Å². The van der Waals surface area contributed by atoms with E-state index >= 15 is 0 Å². The van der Waals surface area contributed by atoms with Gasteiger partial charge in [-0.25, -0.2) is 0 Å². The SMILES string of the molecule is NP=O.O=PCl. The van der Waals surface area contributed by atoms with E-state index in [2.05, 4.69) is 16.7 Å². The van der Waals surface area contributed by atoms with Crippen LogP contribution in [0.1, 0.15) is 0 Å². The van der Waals surface area contributed by atoms with Crippen molar-refractivity contribution in [2.75, 3.05) is 0 Å². The molecule has 0 bridgehead atoms. The molecular weight excluding hydrogens is 143 g/mol. The maximum atomic E-state index is 8.68. The quantitative estimate of drug-likeness (QED) is 0.527. The van der Waals surface area contributed by atoms with Gasteiger partial charge in [-0.3, -0.25) is 14.6 Å². The molecule has 0 unspecified atom stereocenters. The maximum Gasteiger partial charge on any atom is 0.267 e. The molecule has 0 saturated carbocycles. The minimum Gasteiger partial charge on any atom is -0.256 e. The molecule has 0 aromatic carbocycles. The monoisotopic (exact) mass is 145 g/mol. The minimum absolute atomic E-state index is 0.333. The Morgan fingerprint density at radius 2 is 1.50 bits per heavy atom. The first-order valence-corrected chi connectivity index (χ1v) is 3.39. The van der Waals surface area contributed by atoms with Crippen LogP contribution >= 0.6 is 27.7 Å². The van der Waals surface area contributed by atoms with Crippen molar-refractivity contribution in [1.29, 1.82) is 0 Å². The van der Waals surface area contributed by atoms with Crippen LogP contribution in [0, 0.1) is 0 Å². The largest absolute Gasteiger partial charge is 0.267 e. The van der Waals surface area contributed by atoms with Gasteiger partial charge in [0.15, 0.2) is 0 Å². The molecule has 3 nitrogen and oxygen atoms in total. The second kappa shape index (κ2) is 18.0. The molecule has 0 aromatic heterocycles. The maximum absolute atomic E-state index is 8.68. The molecule has 0 amide bonds. The normalized spacial score (nSPS) is 7.00. The van der Waals surface area contributed by atoms with E-state index in [0.29, 0.717) is 0 Å². The highest BCUT2D eigenvalue weighted by Crippen LogP contribution is 1.92. The van der Waals surface area contributed by atoms with Crippen molar-refractivity contribution in [3.05, 3.63) is 0 Å². The fourth-order valence-electron chi connectivity index (χ4n) is 0. The van der Waals surface area contributed by atoms with E-state index < -0.39 is 0 Å². The molecular formula is H2ClNO2P2. The van der Waals surface area contributed by atoms with E-state index in [9.17, 15) is 0 Å². The van der Waals surface area contributed by atoms with Crippen LogP contribution in [0.15, 0.2) is 0 Å². The number of halogens is 1. The third-order valence-corrected chi connectivity index (χ3v) is 0. The molecule has 6 heteroatoms. The summed E-state index contributed by atoms with van der Waals surface area (Å²) in [6.07, 6.45) is 0. The Morgan fingerprint density at radius 3 is 1.50 bits per heavy atom. The van der Waals surface area contributed by atoms with Gasteiger partial charge in [0.1, 0.15) is 0 Å². The van der Waals surface area contributed by atoms with Gasteiger partial charge in [-0.15, -0.1) is 0 Å². The lowest BCUT2D eigenvalue weighted by Gasteiger charge is -1.25. The fraction of sp³-hybridized carbons (Fsp3) is 0. The summed E-state index contributed by atoms with van der Waals surface area (Å²) in [6.45, 7) is 0. The first-order chi connectivity index (χ1) is 2.83. The van der Waals surface area contributed by atoms with E-state index in [-0.39, 0.29) is 16.4 Å². The smallest absolute Gasteiger partial charge is 0.256 e. The summed E-state index contributed by atoms with van der Waals surface area (Å²) >= 11 is 4.42. The average Bonchev–Trinajstić information content (AvgIpc) is 1.39. The highest BCUT2D eigenvalue weighted by atomic mass is 35.7. The van der Waals surface area contributed by atoms with Crippen molar-refractivity contribution < 1.29 is 9.13 Å². The Balaban J connectivity index is 0. The van der Waals surface area contributed by atoms with Gasteiger partial charge in [-0.1, -0.05) is 0 Å². The highest BCUT2D eigenvalue weighted by molar-refractivity contribution is 7.57. The Morgan fingerprint density at radius 1 is 1.50 bits per heavy atom. The molecule has 0 aliphatic rings. The molecule has 0 heterocycles. The molecule has 2 N–H and O–H groups in total. The van der Waals surface area contributed by atoms with Gasteiger partial charge < -0.3 is 0 Å². The van der Waals surface area contributed by atoms with Gasteiger partial charge in [0, 0.05) is 0 Å². The zero-order valence-corrected chi connectivity index (χ0v) is 5.21. The van der Waals surface area contributed by atoms with Crippen molar-refractivity contribution in [1.82, 2.24) is 0 Å². The van der Waals surface area contributed by atoms with E-state index in [1.165, 1.54) is 0 Å². The lowest BCUT2D eigenvalue weighted by atomic mass is 13.9. The Bertz CT molecular complexity index is 32.5. The third-order valence-electron chi connectivity index (χ3n) is 0. The van der Waals surface area contributed by atoms with Crippen LogP contribution < -0.4 is 5.50 Å². The van der Waals surface area contributed by atoms with Crippen LogP contribution in [0.4, 0.5) is 0 Å². The summed E-state index contributed by atoms with van der Waals surface area (Å²) in [7, 11) is -0.694. The van der Waals surface area contributed by atoms with Crippen LogP contribution in [-0.2, 0) is 9.13 Å². The lowest BCUT2D eigenvalue weighted by molar-refractivity contribution is 0.599. The van der Waals surface area contributed by atoms with Gasteiger partial charge in [-0.2, -0.15) is 0 Å². The van der Waals surface area contributed by atoms with Crippen molar-refractivity contribution in [3.8, 4) is 0 Å². The molecule has 36 valence electrons. The summed E-state index contributed by atoms with van der Waals surface area (Å²) in [4.78, 5) is 0. The zero-order chi connectivity index (χ0) is 5.41. The standard InChI is InChI=1S/ClOP.H2NOP/c2*1-3-2/h;(H2,1,2). The molecule has 0 atom stereocenters. The first-order valence-electron chi connectivity index (χ1n) is 0.792. The predicted molar refractivity (Wildman–Crippen MR) is 25.3 cm³/mol. The topological polar surface area (TPSA) is 60.2 Å². The van der Waals surface area contributed by atoms with Gasteiger partial charge in [0.2, 0.25) is 8.61 Å². The van der Waals surface area contributed by atoms with E-state index in [1.807, 2.05) is 0 Å². The van der Waals surface area contributed by atoms with Crippen molar-refractivity contribution in [2.24, 2.45) is 5.50 Å². The average molecular weight is 145 g/mol. The second-order valence-electron chi connectivity index (χ2n) is 0.174. The summed E-state index contributed by atoms with van der Waals surface area (Å²) in [5, 5.41) is 0. The summed E-state index contributed by atoms with van der Waals surface area (Å²) in [6, 6.07) is 0. The molecule has 0 spiro atoms. The number of rotatable bonds is 0. The molecule has 0 aliphatic heterocycles. The first kappa shape index (κ1) is 9.67.